The Morgan fingerprint density at radius 3 is 3.05 bits per heavy atom. The molecule has 1 atom stereocenters. The molecule has 2 aromatic heterocycles. The van der Waals surface area contributed by atoms with Crippen molar-refractivity contribution >= 4 is 0 Å². The van der Waals surface area contributed by atoms with E-state index in [1.807, 2.05) is 12.1 Å². The van der Waals surface area contributed by atoms with Crippen molar-refractivity contribution in [2.75, 3.05) is 6.61 Å². The van der Waals surface area contributed by atoms with Crippen molar-refractivity contribution in [3.05, 3.63) is 24.2 Å². The minimum atomic E-state index is -0.270. The predicted molar refractivity (Wildman–Crippen MR) is 68.4 cm³/mol. The third-order valence-electron chi connectivity index (χ3n) is 2.99. The van der Waals surface area contributed by atoms with E-state index in [2.05, 4.69) is 15.1 Å². The molecule has 6 heteroatoms. The number of nitrogens with two attached hydrogens (primary N) is 1. The zero-order valence-corrected chi connectivity index (χ0v) is 10.7. The van der Waals surface area contributed by atoms with Gasteiger partial charge in [-0.3, -0.25) is 0 Å². The fourth-order valence-corrected chi connectivity index (χ4v) is 1.65. The third kappa shape index (κ3) is 2.90. The molecule has 1 aliphatic carbocycles. The van der Waals surface area contributed by atoms with E-state index in [0.29, 0.717) is 23.5 Å². The quantitative estimate of drug-likeness (QED) is 0.884. The highest BCUT2D eigenvalue weighted by molar-refractivity contribution is 5.55. The molecule has 0 aromatic carbocycles. The fraction of sp³-hybridized carbons (Fsp3) is 0.462. The minimum Gasteiger partial charge on any atom is -0.477 e. The summed E-state index contributed by atoms with van der Waals surface area (Å²) in [5.41, 5.74) is 6.51. The summed E-state index contributed by atoms with van der Waals surface area (Å²) in [7, 11) is 0. The maximum absolute atomic E-state index is 5.69. The zero-order chi connectivity index (χ0) is 13.2. The maximum Gasteiger partial charge on any atom is 0.243 e. The smallest absolute Gasteiger partial charge is 0.243 e. The van der Waals surface area contributed by atoms with Gasteiger partial charge in [-0.2, -0.15) is 4.98 Å². The summed E-state index contributed by atoms with van der Waals surface area (Å²) in [6, 6.07) is 3.37. The van der Waals surface area contributed by atoms with Crippen LogP contribution in [0.3, 0.4) is 0 Å². The van der Waals surface area contributed by atoms with Gasteiger partial charge in [-0.15, -0.1) is 0 Å². The average Bonchev–Trinajstić information content (AvgIpc) is 3.10. The van der Waals surface area contributed by atoms with Crippen LogP contribution in [0.2, 0.25) is 0 Å². The molecule has 1 saturated carbocycles. The van der Waals surface area contributed by atoms with Crippen LogP contribution in [0, 0.1) is 5.92 Å². The molecule has 3 rings (SSSR count). The van der Waals surface area contributed by atoms with Crippen molar-refractivity contribution in [1.29, 1.82) is 0 Å². The second-order valence-corrected chi connectivity index (χ2v) is 4.88. The lowest BCUT2D eigenvalue weighted by molar-refractivity contribution is 0.288. The maximum atomic E-state index is 5.69. The lowest BCUT2D eigenvalue weighted by Crippen LogP contribution is -2.04. The van der Waals surface area contributed by atoms with Gasteiger partial charge in [-0.05, 0) is 31.7 Å². The highest BCUT2D eigenvalue weighted by Crippen LogP contribution is 2.29. The first kappa shape index (κ1) is 12.1. The highest BCUT2D eigenvalue weighted by Gasteiger charge is 2.22. The lowest BCUT2D eigenvalue weighted by atomic mass is 10.2. The van der Waals surface area contributed by atoms with Crippen molar-refractivity contribution in [3.8, 4) is 17.3 Å². The average molecular weight is 260 g/mol. The monoisotopic (exact) mass is 260 g/mol. The van der Waals surface area contributed by atoms with Crippen molar-refractivity contribution in [2.45, 2.75) is 25.8 Å². The Labute approximate surface area is 111 Å². The summed E-state index contributed by atoms with van der Waals surface area (Å²) >= 11 is 0. The third-order valence-corrected chi connectivity index (χ3v) is 2.99. The molecular weight excluding hydrogens is 244 g/mol. The van der Waals surface area contributed by atoms with Crippen LogP contribution in [0.5, 0.6) is 5.88 Å². The second-order valence-electron chi connectivity index (χ2n) is 4.88. The van der Waals surface area contributed by atoms with Gasteiger partial charge in [0.1, 0.15) is 0 Å². The topological polar surface area (TPSA) is 87.1 Å². The molecule has 0 aliphatic heterocycles. The molecule has 1 unspecified atom stereocenters. The Bertz CT molecular complexity index is 563. The largest absolute Gasteiger partial charge is 0.477 e. The van der Waals surface area contributed by atoms with Crippen LogP contribution in [-0.2, 0) is 0 Å². The zero-order valence-electron chi connectivity index (χ0n) is 10.7. The normalized spacial score (nSPS) is 16.3. The molecule has 0 radical (unpaired) electrons. The Morgan fingerprint density at radius 2 is 2.37 bits per heavy atom. The molecule has 19 heavy (non-hydrogen) atoms. The van der Waals surface area contributed by atoms with Crippen molar-refractivity contribution in [2.24, 2.45) is 11.7 Å². The van der Waals surface area contributed by atoms with E-state index in [-0.39, 0.29) is 6.04 Å². The molecule has 0 spiro atoms. The Hall–Kier alpha value is -1.95. The van der Waals surface area contributed by atoms with E-state index < -0.39 is 0 Å². The van der Waals surface area contributed by atoms with Crippen LogP contribution in [-0.4, -0.2) is 21.7 Å². The first-order valence-electron chi connectivity index (χ1n) is 6.41. The molecule has 1 aliphatic rings. The molecule has 0 bridgehead atoms. The number of rotatable bonds is 5. The first-order chi connectivity index (χ1) is 9.22. The second kappa shape index (κ2) is 4.97. The number of hydrogen-bond donors (Lipinski definition) is 1. The number of nitrogens with zero attached hydrogens (tertiary/aromatic N) is 3. The molecule has 1 fully saturated rings. The van der Waals surface area contributed by atoms with Crippen molar-refractivity contribution < 1.29 is 9.26 Å². The molecule has 2 heterocycles. The molecular formula is C13H16N4O2. The van der Waals surface area contributed by atoms with Crippen LogP contribution in [0.25, 0.3) is 11.4 Å². The fourth-order valence-electron chi connectivity index (χ4n) is 1.65. The van der Waals surface area contributed by atoms with Gasteiger partial charge in [0.2, 0.25) is 17.6 Å². The van der Waals surface area contributed by atoms with E-state index in [4.69, 9.17) is 15.0 Å². The van der Waals surface area contributed by atoms with Gasteiger partial charge in [-0.25, -0.2) is 4.98 Å². The van der Waals surface area contributed by atoms with Gasteiger partial charge in [0.25, 0.3) is 0 Å². The van der Waals surface area contributed by atoms with E-state index >= 15 is 0 Å². The van der Waals surface area contributed by atoms with E-state index in [1.54, 1.807) is 13.1 Å². The van der Waals surface area contributed by atoms with Crippen LogP contribution < -0.4 is 10.5 Å². The van der Waals surface area contributed by atoms with Crippen molar-refractivity contribution in [1.82, 2.24) is 15.1 Å². The van der Waals surface area contributed by atoms with E-state index in [1.165, 1.54) is 12.8 Å². The van der Waals surface area contributed by atoms with Crippen LogP contribution in [0.1, 0.15) is 31.7 Å². The standard InChI is InChI=1S/C13H16N4O2/c1-8(14)13-16-12(17-19-13)10-4-5-15-11(6-10)18-7-9-2-3-9/h4-6,8-9H,2-3,7,14H2,1H3. The van der Waals surface area contributed by atoms with Gasteiger partial charge < -0.3 is 15.0 Å². The SMILES string of the molecule is CC(N)c1nc(-c2ccnc(OCC3CC3)c2)no1. The number of pyridine rings is 1. The molecule has 6 nitrogen and oxygen atoms in total. The van der Waals surface area contributed by atoms with E-state index in [9.17, 15) is 0 Å². The molecule has 2 N–H and O–H groups in total. The van der Waals surface area contributed by atoms with Gasteiger partial charge in [0.15, 0.2) is 0 Å². The Morgan fingerprint density at radius 1 is 1.53 bits per heavy atom. The van der Waals surface area contributed by atoms with Crippen molar-refractivity contribution in [3.63, 3.8) is 0 Å². The first-order valence-corrected chi connectivity index (χ1v) is 6.41. The molecule has 2 aromatic rings. The summed E-state index contributed by atoms with van der Waals surface area (Å²) in [5, 5.41) is 3.91. The summed E-state index contributed by atoms with van der Waals surface area (Å²) in [6.07, 6.45) is 4.18. The number of ether oxygens (including phenoxy) is 1. The van der Waals surface area contributed by atoms with Gasteiger partial charge in [0, 0.05) is 17.8 Å². The number of hydrogen-bond acceptors (Lipinski definition) is 6. The molecule has 0 saturated heterocycles. The summed E-state index contributed by atoms with van der Waals surface area (Å²) in [5.74, 6) is 2.22. The van der Waals surface area contributed by atoms with E-state index in [0.717, 1.165) is 12.2 Å². The lowest BCUT2D eigenvalue weighted by Gasteiger charge is -2.04. The Kier molecular flexibility index (Phi) is 3.16. The van der Waals surface area contributed by atoms with Crippen LogP contribution in [0.15, 0.2) is 22.9 Å². The summed E-state index contributed by atoms with van der Waals surface area (Å²) < 4.78 is 10.7. The Balaban J connectivity index is 1.76. The van der Waals surface area contributed by atoms with Crippen LogP contribution in [0.4, 0.5) is 0 Å². The molecule has 0 amide bonds. The van der Waals surface area contributed by atoms with Gasteiger partial charge in [-0.1, -0.05) is 5.16 Å². The highest BCUT2D eigenvalue weighted by atomic mass is 16.5. The predicted octanol–water partition coefficient (Wildman–Crippen LogP) is 1.94. The van der Waals surface area contributed by atoms with Crippen LogP contribution >= 0.6 is 0 Å². The summed E-state index contributed by atoms with van der Waals surface area (Å²) in [6.45, 7) is 2.53. The number of aromatic nitrogens is 3. The summed E-state index contributed by atoms with van der Waals surface area (Å²) in [4.78, 5) is 8.42. The van der Waals surface area contributed by atoms with Gasteiger partial charge in [0.05, 0.1) is 12.6 Å². The van der Waals surface area contributed by atoms with Gasteiger partial charge >= 0.3 is 0 Å². The molecule has 100 valence electrons. The minimum absolute atomic E-state index is 0.270.